The van der Waals surface area contributed by atoms with Gasteiger partial charge < -0.3 is 9.67 Å². The van der Waals surface area contributed by atoms with E-state index in [2.05, 4.69) is 95.6 Å². The van der Waals surface area contributed by atoms with Crippen molar-refractivity contribution in [1.29, 1.82) is 0 Å². The average molecular weight is 662 g/mol. The second-order valence-corrected chi connectivity index (χ2v) is 8.62. The quantitative estimate of drug-likeness (QED) is 0.120. The number of aliphatic hydroxyl groups excluding tert-OH is 1. The first-order valence-electron chi connectivity index (χ1n) is 11.8. The van der Waals surface area contributed by atoms with E-state index in [1.807, 2.05) is 18.2 Å². The van der Waals surface area contributed by atoms with Crippen molar-refractivity contribution in [2.45, 2.75) is 13.8 Å². The van der Waals surface area contributed by atoms with Crippen molar-refractivity contribution in [3.8, 4) is 16.9 Å². The molecule has 0 saturated carbocycles. The fraction of sp³-hybridized carbons (Fsp3) is 0.0625. The van der Waals surface area contributed by atoms with Gasteiger partial charge in [-0.15, -0.1) is 29.8 Å². The Morgan fingerprint density at radius 1 is 0.811 bits per heavy atom. The van der Waals surface area contributed by atoms with Crippen LogP contribution >= 0.6 is 0 Å². The first kappa shape index (κ1) is 26.0. The molecular formula is C32H25IrN2O2-. The maximum Gasteiger partial charge on any atom is 0.155 e. The van der Waals surface area contributed by atoms with Gasteiger partial charge in [0.25, 0.3) is 0 Å². The topological polar surface area (TPSA) is 55.1 Å². The Labute approximate surface area is 229 Å². The molecule has 5 heteroatoms. The smallest absolute Gasteiger partial charge is 0.155 e. The van der Waals surface area contributed by atoms with E-state index in [1.165, 1.54) is 41.7 Å². The Hall–Kier alpha value is -4.05. The van der Waals surface area contributed by atoms with E-state index in [4.69, 9.17) is 10.1 Å². The molecule has 4 nitrogen and oxygen atoms in total. The second kappa shape index (κ2) is 11.3. The molecule has 0 atom stereocenters. The summed E-state index contributed by atoms with van der Waals surface area (Å²) in [7, 11) is 0. The van der Waals surface area contributed by atoms with E-state index in [1.54, 1.807) is 0 Å². The van der Waals surface area contributed by atoms with Crippen LogP contribution in [0.25, 0.3) is 49.7 Å². The summed E-state index contributed by atoms with van der Waals surface area (Å²) in [5, 5.41) is 12.0. The SMILES string of the molecule is CC(=O)/C=C(/C)O.[Ir].[c-]1cc(-n2c3ccccc3c3ccccc32)ccc1-c1ccc2ccccc2n1. The summed E-state index contributed by atoms with van der Waals surface area (Å²) in [5.74, 6) is -0.0625. The average Bonchev–Trinajstić information content (AvgIpc) is 3.23. The summed E-state index contributed by atoms with van der Waals surface area (Å²) >= 11 is 0. The Bertz CT molecular complexity index is 1680. The number of hydrogen-bond acceptors (Lipinski definition) is 3. The molecular weight excluding hydrogens is 637 g/mol. The molecule has 185 valence electrons. The molecule has 0 amide bonds. The number of fused-ring (bicyclic) bond motifs is 4. The molecule has 0 bridgehead atoms. The molecule has 0 saturated heterocycles. The fourth-order valence-corrected chi connectivity index (χ4v) is 4.43. The van der Waals surface area contributed by atoms with E-state index in [9.17, 15) is 4.79 Å². The summed E-state index contributed by atoms with van der Waals surface area (Å²) in [6.45, 7) is 2.85. The van der Waals surface area contributed by atoms with Crippen LogP contribution in [0, 0.1) is 6.07 Å². The van der Waals surface area contributed by atoms with Gasteiger partial charge in [-0.2, -0.15) is 0 Å². The molecule has 0 fully saturated rings. The van der Waals surface area contributed by atoms with Gasteiger partial charge in [0.05, 0.1) is 11.3 Å². The number of nitrogens with zero attached hydrogens (tertiary/aromatic N) is 2. The van der Waals surface area contributed by atoms with Crippen molar-refractivity contribution in [2.75, 3.05) is 0 Å². The number of aromatic nitrogens is 2. The van der Waals surface area contributed by atoms with Crippen LogP contribution in [0.5, 0.6) is 0 Å². The van der Waals surface area contributed by atoms with Gasteiger partial charge in [-0.1, -0.05) is 66.7 Å². The largest absolute Gasteiger partial charge is 0.512 e. The number of para-hydroxylation sites is 3. The summed E-state index contributed by atoms with van der Waals surface area (Å²) in [6.07, 6.45) is 1.17. The number of pyridine rings is 1. The van der Waals surface area contributed by atoms with Crippen molar-refractivity contribution >= 4 is 38.5 Å². The van der Waals surface area contributed by atoms with Crippen LogP contribution in [-0.4, -0.2) is 20.4 Å². The number of aliphatic hydroxyl groups is 1. The predicted molar refractivity (Wildman–Crippen MR) is 147 cm³/mol. The van der Waals surface area contributed by atoms with Gasteiger partial charge in [0, 0.05) is 48.0 Å². The zero-order valence-electron chi connectivity index (χ0n) is 20.5. The van der Waals surface area contributed by atoms with Crippen molar-refractivity contribution in [3.05, 3.63) is 121 Å². The van der Waals surface area contributed by atoms with Crippen LogP contribution in [0.1, 0.15) is 13.8 Å². The van der Waals surface area contributed by atoms with Crippen molar-refractivity contribution < 1.29 is 30.0 Å². The van der Waals surface area contributed by atoms with Crippen LogP contribution in [0.4, 0.5) is 0 Å². The van der Waals surface area contributed by atoms with Crippen LogP contribution < -0.4 is 0 Å². The van der Waals surface area contributed by atoms with Gasteiger partial charge in [0.2, 0.25) is 0 Å². The minimum Gasteiger partial charge on any atom is -0.512 e. The first-order valence-corrected chi connectivity index (χ1v) is 11.8. The van der Waals surface area contributed by atoms with Crippen molar-refractivity contribution in [1.82, 2.24) is 9.55 Å². The number of hydrogen-bond donors (Lipinski definition) is 1. The third-order valence-electron chi connectivity index (χ3n) is 5.92. The van der Waals surface area contributed by atoms with Gasteiger partial charge in [-0.3, -0.25) is 9.78 Å². The molecule has 37 heavy (non-hydrogen) atoms. The number of carbonyl (C=O) groups excluding carboxylic acids is 1. The maximum atomic E-state index is 10.0. The van der Waals surface area contributed by atoms with Crippen LogP contribution in [0.2, 0.25) is 0 Å². The molecule has 0 aliphatic carbocycles. The van der Waals surface area contributed by atoms with Crippen LogP contribution in [0.3, 0.4) is 0 Å². The third kappa shape index (κ3) is 5.54. The van der Waals surface area contributed by atoms with E-state index < -0.39 is 0 Å². The maximum absolute atomic E-state index is 10.0. The number of rotatable bonds is 3. The molecule has 1 radical (unpaired) electrons. The van der Waals surface area contributed by atoms with Gasteiger partial charge in [0.1, 0.15) is 0 Å². The van der Waals surface area contributed by atoms with E-state index >= 15 is 0 Å². The van der Waals surface area contributed by atoms with Gasteiger partial charge in [-0.25, -0.2) is 0 Å². The molecule has 0 spiro atoms. The van der Waals surface area contributed by atoms with E-state index in [0.717, 1.165) is 27.8 Å². The minimum atomic E-state index is -0.125. The molecule has 2 aromatic heterocycles. The number of ketones is 1. The Kier molecular flexibility index (Phi) is 7.98. The van der Waals surface area contributed by atoms with Crippen molar-refractivity contribution in [3.63, 3.8) is 0 Å². The Balaban J connectivity index is 0.000000356. The summed E-state index contributed by atoms with van der Waals surface area (Å²) in [6, 6.07) is 39.2. The third-order valence-corrected chi connectivity index (χ3v) is 5.92. The zero-order chi connectivity index (χ0) is 25.1. The molecule has 6 rings (SSSR count). The normalized spacial score (nSPS) is 11.1. The molecule has 6 aromatic rings. The second-order valence-electron chi connectivity index (χ2n) is 8.62. The molecule has 0 unspecified atom stereocenters. The number of carbonyl (C=O) groups is 1. The first-order chi connectivity index (χ1) is 17.5. The fourth-order valence-electron chi connectivity index (χ4n) is 4.43. The number of benzene rings is 4. The molecule has 0 aliphatic heterocycles. The molecule has 1 N–H and O–H groups in total. The van der Waals surface area contributed by atoms with Crippen molar-refractivity contribution in [2.24, 2.45) is 0 Å². The predicted octanol–water partition coefficient (Wildman–Crippen LogP) is 7.83. The van der Waals surface area contributed by atoms with Gasteiger partial charge in [-0.05, 0) is 48.8 Å². The van der Waals surface area contributed by atoms with E-state index in [0.29, 0.717) is 0 Å². The van der Waals surface area contributed by atoms with Gasteiger partial charge in [0.15, 0.2) is 5.78 Å². The van der Waals surface area contributed by atoms with E-state index in [-0.39, 0.29) is 31.6 Å². The molecule has 0 aliphatic rings. The summed E-state index contributed by atoms with van der Waals surface area (Å²) < 4.78 is 2.30. The molecule has 4 aromatic carbocycles. The minimum absolute atomic E-state index is 0. The number of allylic oxidation sites excluding steroid dienone is 2. The van der Waals surface area contributed by atoms with Crippen LogP contribution in [-0.2, 0) is 24.9 Å². The van der Waals surface area contributed by atoms with Gasteiger partial charge >= 0.3 is 0 Å². The standard InChI is InChI=1S/C27H17N2.C5H8O2.Ir/c1-4-10-24-19(7-1)15-18-25(28-24)20-13-16-21(17-14-20)29-26-11-5-2-8-22(26)23-9-3-6-12-27(23)29;1-4(6)3-5(2)7;/h1-13,15-18H;3,6H,1-2H3;/q-1;;/b;4-3-;. The Morgan fingerprint density at radius 3 is 2.00 bits per heavy atom. The Morgan fingerprint density at radius 2 is 1.43 bits per heavy atom. The summed E-state index contributed by atoms with van der Waals surface area (Å²) in [5.41, 5.74) is 6.46. The summed E-state index contributed by atoms with van der Waals surface area (Å²) in [4.78, 5) is 14.8. The monoisotopic (exact) mass is 662 g/mol. The zero-order valence-corrected chi connectivity index (χ0v) is 22.9. The molecule has 2 heterocycles. The van der Waals surface area contributed by atoms with Crippen LogP contribution in [0.15, 0.2) is 115 Å².